The molecule has 1 amide bonds. The average Bonchev–Trinajstić information content (AvgIpc) is 3.25. The summed E-state index contributed by atoms with van der Waals surface area (Å²) in [5.74, 6) is 1.38. The number of hydrogen-bond acceptors (Lipinski definition) is 3. The van der Waals surface area contributed by atoms with Gasteiger partial charge in [-0.25, -0.2) is 0 Å². The lowest BCUT2D eigenvalue weighted by Gasteiger charge is -2.12. The van der Waals surface area contributed by atoms with E-state index < -0.39 is 0 Å². The fourth-order valence-electron chi connectivity index (χ4n) is 3.41. The topological polar surface area (TPSA) is 56.4 Å². The van der Waals surface area contributed by atoms with Gasteiger partial charge in [-0.05, 0) is 30.7 Å². The fraction of sp³-hybridized carbons (Fsp3) is 0.174. The van der Waals surface area contributed by atoms with Crippen LogP contribution in [0.1, 0.15) is 27.4 Å². The highest BCUT2D eigenvalue weighted by Crippen LogP contribution is 2.25. The summed E-state index contributed by atoms with van der Waals surface area (Å²) in [5.41, 5.74) is 4.09. The van der Waals surface area contributed by atoms with Crippen LogP contribution in [-0.4, -0.2) is 17.6 Å². The summed E-state index contributed by atoms with van der Waals surface area (Å²) >= 11 is 6.00. The molecule has 0 unspecified atom stereocenters. The van der Waals surface area contributed by atoms with E-state index in [9.17, 15) is 4.79 Å². The van der Waals surface area contributed by atoms with Crippen LogP contribution in [0.2, 0.25) is 5.02 Å². The van der Waals surface area contributed by atoms with Crippen LogP contribution < -0.4 is 10.1 Å². The van der Waals surface area contributed by atoms with Gasteiger partial charge < -0.3 is 19.0 Å². The number of para-hydroxylation sites is 1. The molecular weight excluding hydrogens is 388 g/mol. The van der Waals surface area contributed by atoms with Crippen molar-refractivity contribution < 1.29 is 13.9 Å². The molecule has 29 heavy (non-hydrogen) atoms. The first-order chi connectivity index (χ1) is 14.0. The molecule has 5 nitrogen and oxygen atoms in total. The van der Waals surface area contributed by atoms with Gasteiger partial charge in [0, 0.05) is 35.8 Å². The zero-order valence-electron chi connectivity index (χ0n) is 16.2. The van der Waals surface area contributed by atoms with Crippen molar-refractivity contribution >= 4 is 28.6 Å². The zero-order chi connectivity index (χ0) is 20.4. The third-order valence-electron chi connectivity index (χ3n) is 4.83. The standard InChI is InChI=1S/C23H21ClN2O3/c1-15-11-19-22(29-15)12-20(26(19)14-16-7-9-18(24)10-8-16)23(27)25-13-17-5-3-4-6-21(17)28-2/h3-12H,13-14H2,1-2H3,(H,25,27). The van der Waals surface area contributed by atoms with Gasteiger partial charge in [-0.2, -0.15) is 0 Å². The highest BCUT2D eigenvalue weighted by molar-refractivity contribution is 6.30. The summed E-state index contributed by atoms with van der Waals surface area (Å²) in [6.45, 7) is 2.81. The van der Waals surface area contributed by atoms with E-state index in [1.165, 1.54) is 0 Å². The Morgan fingerprint density at radius 2 is 1.90 bits per heavy atom. The maximum atomic E-state index is 13.0. The Morgan fingerprint density at radius 3 is 2.66 bits per heavy atom. The molecule has 6 heteroatoms. The number of rotatable bonds is 6. The predicted octanol–water partition coefficient (Wildman–Crippen LogP) is 5.18. The minimum absolute atomic E-state index is 0.172. The molecule has 4 rings (SSSR count). The van der Waals surface area contributed by atoms with Crippen LogP contribution >= 0.6 is 11.6 Å². The lowest BCUT2D eigenvalue weighted by molar-refractivity contribution is 0.0942. The number of hydrogen-bond donors (Lipinski definition) is 1. The molecule has 0 spiro atoms. The van der Waals surface area contributed by atoms with Crippen molar-refractivity contribution in [1.82, 2.24) is 9.88 Å². The summed E-state index contributed by atoms with van der Waals surface area (Å²) in [6.07, 6.45) is 0. The molecule has 0 aliphatic heterocycles. The lowest BCUT2D eigenvalue weighted by Crippen LogP contribution is -2.25. The minimum Gasteiger partial charge on any atom is -0.496 e. The van der Waals surface area contributed by atoms with E-state index in [-0.39, 0.29) is 5.91 Å². The van der Waals surface area contributed by atoms with Crippen molar-refractivity contribution in [3.05, 3.63) is 88.3 Å². The van der Waals surface area contributed by atoms with Gasteiger partial charge >= 0.3 is 0 Å². The van der Waals surface area contributed by atoms with Crippen molar-refractivity contribution in [2.24, 2.45) is 0 Å². The molecule has 1 N–H and O–H groups in total. The largest absolute Gasteiger partial charge is 0.496 e. The van der Waals surface area contributed by atoms with Crippen molar-refractivity contribution in [2.45, 2.75) is 20.0 Å². The van der Waals surface area contributed by atoms with Gasteiger partial charge in [0.05, 0.1) is 12.6 Å². The number of amides is 1. The number of carbonyl (C=O) groups excluding carboxylic acids is 1. The number of fused-ring (bicyclic) bond motifs is 1. The second kappa shape index (κ2) is 8.05. The van der Waals surface area contributed by atoms with Crippen molar-refractivity contribution in [3.63, 3.8) is 0 Å². The molecule has 4 aromatic rings. The summed E-state index contributed by atoms with van der Waals surface area (Å²) in [7, 11) is 1.62. The van der Waals surface area contributed by atoms with Crippen LogP contribution in [0.3, 0.4) is 0 Å². The average molecular weight is 409 g/mol. The zero-order valence-corrected chi connectivity index (χ0v) is 17.0. The number of methoxy groups -OCH3 is 1. The predicted molar refractivity (Wildman–Crippen MR) is 114 cm³/mol. The lowest BCUT2D eigenvalue weighted by atomic mass is 10.2. The Labute approximate surface area is 173 Å². The molecule has 2 aromatic heterocycles. The summed E-state index contributed by atoms with van der Waals surface area (Å²) in [4.78, 5) is 13.0. The molecule has 0 atom stereocenters. The molecule has 0 bridgehead atoms. The van der Waals surface area contributed by atoms with Crippen LogP contribution in [0.25, 0.3) is 11.1 Å². The Balaban J connectivity index is 1.62. The molecule has 0 saturated heterocycles. The fourth-order valence-corrected chi connectivity index (χ4v) is 3.54. The molecule has 0 aliphatic carbocycles. The molecule has 0 aliphatic rings. The second-order valence-electron chi connectivity index (χ2n) is 6.84. The molecular formula is C23H21ClN2O3. The van der Waals surface area contributed by atoms with Crippen molar-refractivity contribution in [3.8, 4) is 5.75 Å². The maximum Gasteiger partial charge on any atom is 0.268 e. The first kappa shape index (κ1) is 19.2. The maximum absolute atomic E-state index is 13.0. The number of furan rings is 1. The highest BCUT2D eigenvalue weighted by Gasteiger charge is 2.19. The van der Waals surface area contributed by atoms with E-state index in [4.69, 9.17) is 20.8 Å². The Kier molecular flexibility index (Phi) is 5.32. The second-order valence-corrected chi connectivity index (χ2v) is 7.28. The number of carbonyl (C=O) groups is 1. The SMILES string of the molecule is COc1ccccc1CNC(=O)c1cc2oc(C)cc2n1Cc1ccc(Cl)cc1. The van der Waals surface area contributed by atoms with Gasteiger partial charge in [0.2, 0.25) is 0 Å². The van der Waals surface area contributed by atoms with Crippen molar-refractivity contribution in [1.29, 1.82) is 0 Å². The molecule has 0 radical (unpaired) electrons. The molecule has 0 saturated carbocycles. The van der Waals surface area contributed by atoms with Crippen LogP contribution in [0, 0.1) is 6.92 Å². The molecule has 0 fully saturated rings. The summed E-state index contributed by atoms with van der Waals surface area (Å²) in [6, 6.07) is 19.0. The van der Waals surface area contributed by atoms with Gasteiger partial charge in [-0.15, -0.1) is 0 Å². The highest BCUT2D eigenvalue weighted by atomic mass is 35.5. The number of nitrogens with one attached hydrogen (secondary N) is 1. The number of halogens is 1. The smallest absolute Gasteiger partial charge is 0.268 e. The third-order valence-corrected chi connectivity index (χ3v) is 5.08. The number of aryl methyl sites for hydroxylation is 1. The number of benzene rings is 2. The van der Waals surface area contributed by atoms with E-state index in [0.717, 1.165) is 28.2 Å². The first-order valence-corrected chi connectivity index (χ1v) is 9.67. The molecule has 2 heterocycles. The normalized spacial score (nSPS) is 11.0. The van der Waals surface area contributed by atoms with Crippen molar-refractivity contribution in [2.75, 3.05) is 7.11 Å². The monoisotopic (exact) mass is 408 g/mol. The van der Waals surface area contributed by atoms with E-state index in [1.54, 1.807) is 13.2 Å². The van der Waals surface area contributed by atoms with Gasteiger partial charge in [-0.1, -0.05) is 41.9 Å². The van der Waals surface area contributed by atoms with Crippen LogP contribution in [0.4, 0.5) is 0 Å². The van der Waals surface area contributed by atoms with Gasteiger partial charge in [0.25, 0.3) is 5.91 Å². The van der Waals surface area contributed by atoms with E-state index in [1.807, 2.05) is 66.1 Å². The van der Waals surface area contributed by atoms with Gasteiger partial charge in [0.15, 0.2) is 5.58 Å². The summed E-state index contributed by atoms with van der Waals surface area (Å²) < 4.78 is 13.1. The van der Waals surface area contributed by atoms with Crippen LogP contribution in [0.15, 0.2) is 65.1 Å². The number of aromatic nitrogens is 1. The van der Waals surface area contributed by atoms with E-state index in [0.29, 0.717) is 29.4 Å². The Morgan fingerprint density at radius 1 is 1.14 bits per heavy atom. The summed E-state index contributed by atoms with van der Waals surface area (Å²) in [5, 5.41) is 3.67. The van der Waals surface area contributed by atoms with Gasteiger partial charge in [0.1, 0.15) is 17.2 Å². The van der Waals surface area contributed by atoms with E-state index >= 15 is 0 Å². The van der Waals surface area contributed by atoms with E-state index in [2.05, 4.69) is 5.32 Å². The molecule has 2 aromatic carbocycles. The van der Waals surface area contributed by atoms with Crippen LogP contribution in [0.5, 0.6) is 5.75 Å². The first-order valence-electron chi connectivity index (χ1n) is 9.29. The van der Waals surface area contributed by atoms with Crippen LogP contribution in [-0.2, 0) is 13.1 Å². The number of ether oxygens (including phenoxy) is 1. The quantitative estimate of drug-likeness (QED) is 0.478. The third kappa shape index (κ3) is 4.00. The Hall–Kier alpha value is -3.18. The minimum atomic E-state index is -0.172. The Bertz CT molecular complexity index is 1160. The molecule has 148 valence electrons. The van der Waals surface area contributed by atoms with Gasteiger partial charge in [-0.3, -0.25) is 4.79 Å². The number of nitrogens with zero attached hydrogens (tertiary/aromatic N) is 1.